The molecule has 0 unspecified atom stereocenters. The van der Waals surface area contributed by atoms with Crippen LogP contribution in [0.15, 0.2) is 66.7 Å². The topological polar surface area (TPSA) is 148 Å². The van der Waals surface area contributed by atoms with Gasteiger partial charge in [-0.1, -0.05) is 23.4 Å². The second kappa shape index (κ2) is 13.3. The molecular weight excluding hydrogens is 552 g/mol. The zero-order valence-electron chi connectivity index (χ0n) is 24.0. The summed E-state index contributed by atoms with van der Waals surface area (Å²) in [7, 11) is 0. The number of phenols is 1. The highest BCUT2D eigenvalue weighted by Crippen LogP contribution is 2.35. The fourth-order valence-corrected chi connectivity index (χ4v) is 5.09. The molecule has 224 valence electrons. The molecule has 1 aliphatic rings. The average Bonchev–Trinajstić information content (AvgIpc) is 3.67. The number of anilines is 2. The van der Waals surface area contributed by atoms with Crippen molar-refractivity contribution in [1.29, 1.82) is 0 Å². The SMILES string of the molecule is CCOc1cc([C@@H](C(=O)NC[C@H]2CCCO2)N(C(=O)Cn2nnc3ccccc32)c2ccc(NC(C)=O)cc2)ccc1O. The Labute approximate surface area is 248 Å². The standard InChI is InChI=1S/C31H34N6O6/c1-3-42-28-17-21(10-15-27(28)39)30(31(41)32-18-24-7-6-16-43-24)37(23-13-11-22(12-14-23)33-20(2)38)29(40)19-36-26-9-5-4-8-25(26)34-35-36/h4-5,8-15,17,24,30,39H,3,6-7,16,18-19H2,1-2H3,(H,32,41)(H,33,38)/t24-,30+/m1/s1. The molecule has 3 aromatic carbocycles. The molecule has 43 heavy (non-hydrogen) atoms. The van der Waals surface area contributed by atoms with Crippen molar-refractivity contribution >= 4 is 40.1 Å². The van der Waals surface area contributed by atoms with E-state index < -0.39 is 17.9 Å². The van der Waals surface area contributed by atoms with Crippen molar-refractivity contribution in [2.24, 2.45) is 0 Å². The molecule has 0 aliphatic carbocycles. The predicted molar refractivity (Wildman–Crippen MR) is 160 cm³/mol. The number of hydrogen-bond acceptors (Lipinski definition) is 8. The Morgan fingerprint density at radius 3 is 2.65 bits per heavy atom. The quantitative estimate of drug-likeness (QED) is 0.242. The van der Waals surface area contributed by atoms with Gasteiger partial charge in [0.2, 0.25) is 17.7 Å². The van der Waals surface area contributed by atoms with Crippen molar-refractivity contribution in [3.05, 3.63) is 72.3 Å². The third-order valence-corrected chi connectivity index (χ3v) is 7.07. The van der Waals surface area contributed by atoms with E-state index in [0.29, 0.717) is 41.2 Å². The van der Waals surface area contributed by atoms with Crippen LogP contribution >= 0.6 is 0 Å². The average molecular weight is 587 g/mol. The van der Waals surface area contributed by atoms with E-state index in [4.69, 9.17) is 9.47 Å². The van der Waals surface area contributed by atoms with Crippen LogP contribution in [0.3, 0.4) is 0 Å². The molecule has 0 spiro atoms. The second-order valence-electron chi connectivity index (χ2n) is 10.2. The molecule has 1 aliphatic heterocycles. The molecule has 4 aromatic rings. The van der Waals surface area contributed by atoms with Gasteiger partial charge in [0.25, 0.3) is 0 Å². The lowest BCUT2D eigenvalue weighted by atomic mass is 10.0. The van der Waals surface area contributed by atoms with Gasteiger partial charge in [0.15, 0.2) is 11.5 Å². The number of aromatic hydroxyl groups is 1. The largest absolute Gasteiger partial charge is 0.504 e. The number of ether oxygens (including phenoxy) is 2. The van der Waals surface area contributed by atoms with Gasteiger partial charge in [0, 0.05) is 31.5 Å². The summed E-state index contributed by atoms with van der Waals surface area (Å²) in [5, 5.41) is 24.4. The molecule has 0 bridgehead atoms. The van der Waals surface area contributed by atoms with Crippen LogP contribution in [-0.2, 0) is 25.7 Å². The van der Waals surface area contributed by atoms with Gasteiger partial charge in [0.05, 0.1) is 18.2 Å². The van der Waals surface area contributed by atoms with Gasteiger partial charge in [-0.25, -0.2) is 4.68 Å². The summed E-state index contributed by atoms with van der Waals surface area (Å²) in [6.45, 7) is 4.19. The van der Waals surface area contributed by atoms with Crippen LogP contribution in [-0.4, -0.2) is 63.7 Å². The molecule has 2 atom stereocenters. The van der Waals surface area contributed by atoms with E-state index in [1.807, 2.05) is 18.2 Å². The minimum atomic E-state index is -1.16. The Hall–Kier alpha value is -4.97. The van der Waals surface area contributed by atoms with Gasteiger partial charge in [0.1, 0.15) is 18.1 Å². The molecule has 1 aromatic heterocycles. The number of nitrogens with one attached hydrogen (secondary N) is 2. The highest BCUT2D eigenvalue weighted by atomic mass is 16.5. The first-order valence-electron chi connectivity index (χ1n) is 14.2. The summed E-state index contributed by atoms with van der Waals surface area (Å²) in [6.07, 6.45) is 1.62. The number of phenolic OH excluding ortho intramolecular Hbond substituents is 1. The summed E-state index contributed by atoms with van der Waals surface area (Å²) < 4.78 is 12.8. The number of carbonyl (C=O) groups excluding carboxylic acids is 3. The maximum absolute atomic E-state index is 14.3. The summed E-state index contributed by atoms with van der Waals surface area (Å²) in [5.74, 6) is -1.02. The van der Waals surface area contributed by atoms with E-state index in [0.717, 1.165) is 12.8 Å². The molecule has 2 heterocycles. The number of amides is 3. The van der Waals surface area contributed by atoms with Crippen molar-refractivity contribution in [2.45, 2.75) is 45.4 Å². The van der Waals surface area contributed by atoms with E-state index in [1.54, 1.807) is 49.4 Å². The van der Waals surface area contributed by atoms with Crippen LogP contribution in [0.25, 0.3) is 11.0 Å². The minimum absolute atomic E-state index is 0.0873. The Morgan fingerprint density at radius 2 is 1.93 bits per heavy atom. The van der Waals surface area contributed by atoms with Crippen molar-refractivity contribution in [3.63, 3.8) is 0 Å². The zero-order chi connectivity index (χ0) is 30.3. The summed E-state index contributed by atoms with van der Waals surface area (Å²) in [4.78, 5) is 41.3. The molecule has 3 amide bonds. The maximum atomic E-state index is 14.3. The molecule has 1 saturated heterocycles. The van der Waals surface area contributed by atoms with Gasteiger partial charge in [-0.05, 0) is 73.9 Å². The van der Waals surface area contributed by atoms with Crippen molar-refractivity contribution in [2.75, 3.05) is 30.0 Å². The van der Waals surface area contributed by atoms with Crippen molar-refractivity contribution < 1.29 is 29.0 Å². The monoisotopic (exact) mass is 586 g/mol. The van der Waals surface area contributed by atoms with E-state index in [-0.39, 0.29) is 36.6 Å². The lowest BCUT2D eigenvalue weighted by Crippen LogP contribution is -2.46. The van der Waals surface area contributed by atoms with E-state index >= 15 is 0 Å². The van der Waals surface area contributed by atoms with Crippen LogP contribution in [0.4, 0.5) is 11.4 Å². The highest BCUT2D eigenvalue weighted by molar-refractivity contribution is 6.02. The van der Waals surface area contributed by atoms with Crippen LogP contribution in [0.1, 0.15) is 38.3 Å². The normalized spacial score (nSPS) is 15.2. The molecule has 3 N–H and O–H groups in total. The molecular formula is C31H34N6O6. The van der Waals surface area contributed by atoms with Crippen LogP contribution < -0.4 is 20.3 Å². The molecule has 12 nitrogen and oxygen atoms in total. The Morgan fingerprint density at radius 1 is 1.14 bits per heavy atom. The number of aromatic nitrogens is 3. The third-order valence-electron chi connectivity index (χ3n) is 7.07. The van der Waals surface area contributed by atoms with Gasteiger partial charge >= 0.3 is 0 Å². The highest BCUT2D eigenvalue weighted by Gasteiger charge is 2.34. The fraction of sp³-hybridized carbons (Fsp3) is 0.323. The molecule has 0 saturated carbocycles. The van der Waals surface area contributed by atoms with Gasteiger partial charge in [-0.15, -0.1) is 5.10 Å². The van der Waals surface area contributed by atoms with E-state index in [9.17, 15) is 19.5 Å². The first kappa shape index (κ1) is 29.5. The molecule has 0 radical (unpaired) electrons. The Kier molecular flexibility index (Phi) is 9.16. The first-order valence-corrected chi connectivity index (χ1v) is 14.2. The summed E-state index contributed by atoms with van der Waals surface area (Å²) in [5.41, 5.74) is 2.67. The number of rotatable bonds is 11. The Balaban J connectivity index is 1.57. The third kappa shape index (κ3) is 6.92. The van der Waals surface area contributed by atoms with Crippen LogP contribution in [0, 0.1) is 0 Å². The molecule has 12 heteroatoms. The number of fused-ring (bicyclic) bond motifs is 1. The summed E-state index contributed by atoms with van der Waals surface area (Å²) >= 11 is 0. The van der Waals surface area contributed by atoms with Crippen LogP contribution in [0.5, 0.6) is 11.5 Å². The zero-order valence-corrected chi connectivity index (χ0v) is 24.0. The van der Waals surface area contributed by atoms with Crippen molar-refractivity contribution in [1.82, 2.24) is 20.3 Å². The first-order chi connectivity index (χ1) is 20.8. The second-order valence-corrected chi connectivity index (χ2v) is 10.2. The number of nitrogens with zero attached hydrogens (tertiary/aromatic N) is 4. The predicted octanol–water partition coefficient (Wildman–Crippen LogP) is 3.56. The minimum Gasteiger partial charge on any atom is -0.504 e. The van der Waals surface area contributed by atoms with Crippen molar-refractivity contribution in [3.8, 4) is 11.5 Å². The molecule has 1 fully saturated rings. The van der Waals surface area contributed by atoms with E-state index in [1.165, 1.54) is 22.6 Å². The number of para-hydroxylation sites is 1. The van der Waals surface area contributed by atoms with Gasteiger partial charge in [-0.3, -0.25) is 19.3 Å². The lowest BCUT2D eigenvalue weighted by Gasteiger charge is -2.32. The number of benzene rings is 3. The van der Waals surface area contributed by atoms with Gasteiger partial charge < -0.3 is 25.2 Å². The smallest absolute Gasteiger partial charge is 0.249 e. The van der Waals surface area contributed by atoms with Gasteiger partial charge in [-0.2, -0.15) is 0 Å². The number of carbonyl (C=O) groups is 3. The van der Waals surface area contributed by atoms with E-state index in [2.05, 4.69) is 20.9 Å². The fourth-order valence-electron chi connectivity index (χ4n) is 5.09. The van der Waals surface area contributed by atoms with Crippen LogP contribution in [0.2, 0.25) is 0 Å². The lowest BCUT2D eigenvalue weighted by molar-refractivity contribution is -0.127. The Bertz CT molecular complexity index is 1600. The summed E-state index contributed by atoms with van der Waals surface area (Å²) in [6, 6.07) is 17.3. The number of hydrogen-bond donors (Lipinski definition) is 3. The maximum Gasteiger partial charge on any atom is 0.249 e. The molecule has 5 rings (SSSR count).